The van der Waals surface area contributed by atoms with Gasteiger partial charge < -0.3 is 0 Å². The maximum Gasteiger partial charge on any atom is 0.0891 e. The first kappa shape index (κ1) is 15.6. The first-order valence-corrected chi connectivity index (χ1v) is 6.48. The average Bonchev–Trinajstić information content (AvgIpc) is 2.45. The molecule has 102 valence electrons. The molecule has 0 aliphatic rings. The molecule has 2 heteroatoms. The smallest absolute Gasteiger partial charge is 0.0891 e. The Morgan fingerprint density at radius 2 is 1.55 bits per heavy atom. The minimum absolute atomic E-state index is 0.688. The monoisotopic (exact) mass is 264 g/mol. The van der Waals surface area contributed by atoms with E-state index in [9.17, 15) is 0 Å². The summed E-state index contributed by atoms with van der Waals surface area (Å²) in [6.45, 7) is 11.6. The van der Waals surface area contributed by atoms with Crippen LogP contribution >= 0.6 is 0 Å². The number of allylic oxidation sites excluding steroid dienone is 4. The molecule has 1 rings (SSSR count). The van der Waals surface area contributed by atoms with Crippen LogP contribution in [-0.2, 0) is 0 Å². The van der Waals surface area contributed by atoms with E-state index in [0.717, 1.165) is 11.3 Å². The number of aliphatic imine (C=N–C) groups is 2. The van der Waals surface area contributed by atoms with Crippen LogP contribution < -0.4 is 0 Å². The van der Waals surface area contributed by atoms with Gasteiger partial charge in [0.1, 0.15) is 0 Å². The van der Waals surface area contributed by atoms with Gasteiger partial charge in [0.15, 0.2) is 0 Å². The van der Waals surface area contributed by atoms with Crippen molar-refractivity contribution in [1.82, 2.24) is 0 Å². The summed E-state index contributed by atoms with van der Waals surface area (Å²) < 4.78 is 0. The summed E-state index contributed by atoms with van der Waals surface area (Å²) in [5, 5.41) is 0. The van der Waals surface area contributed by atoms with E-state index in [2.05, 4.69) is 23.1 Å². The van der Waals surface area contributed by atoms with Crippen LogP contribution in [0, 0.1) is 0 Å². The Hall–Kier alpha value is -2.48. The Bertz CT molecular complexity index is 573. The van der Waals surface area contributed by atoms with Gasteiger partial charge in [0, 0.05) is 5.56 Å². The van der Waals surface area contributed by atoms with Crippen LogP contribution in [0.4, 0.5) is 0 Å². The molecule has 0 saturated carbocycles. The van der Waals surface area contributed by atoms with Crippen molar-refractivity contribution in [3.05, 3.63) is 84.8 Å². The van der Waals surface area contributed by atoms with Crippen molar-refractivity contribution in [2.45, 2.75) is 13.8 Å². The second-order valence-electron chi connectivity index (χ2n) is 4.10. The minimum atomic E-state index is 0.688. The number of benzene rings is 1. The van der Waals surface area contributed by atoms with Gasteiger partial charge >= 0.3 is 0 Å². The fourth-order valence-corrected chi connectivity index (χ4v) is 1.54. The van der Waals surface area contributed by atoms with Crippen LogP contribution in [0.5, 0.6) is 0 Å². The molecule has 0 unspecified atom stereocenters. The van der Waals surface area contributed by atoms with Gasteiger partial charge in [-0.15, -0.1) is 0 Å². The van der Waals surface area contributed by atoms with Crippen molar-refractivity contribution < 1.29 is 0 Å². The maximum absolute atomic E-state index is 4.49. The molecule has 0 radical (unpaired) electrons. The van der Waals surface area contributed by atoms with E-state index in [1.165, 1.54) is 0 Å². The standard InChI is InChI=1S/C18H20N2/c1-5-10-15(3)19-14-18(20-16(4)11-6-2)17-12-8-7-9-13-17/h5-14H,3-4H2,1-2H3/b10-5-,11-6-,19-14-,20-18+. The van der Waals surface area contributed by atoms with E-state index in [0.29, 0.717) is 11.4 Å². The summed E-state index contributed by atoms with van der Waals surface area (Å²) >= 11 is 0. The van der Waals surface area contributed by atoms with Crippen molar-refractivity contribution in [1.29, 1.82) is 0 Å². The van der Waals surface area contributed by atoms with Crippen molar-refractivity contribution in [2.24, 2.45) is 9.98 Å². The Labute approximate surface area is 121 Å². The Kier molecular flexibility index (Phi) is 6.69. The first-order chi connectivity index (χ1) is 9.67. The highest BCUT2D eigenvalue weighted by molar-refractivity contribution is 6.38. The van der Waals surface area contributed by atoms with E-state index in [1.54, 1.807) is 6.21 Å². The van der Waals surface area contributed by atoms with Crippen molar-refractivity contribution in [3.63, 3.8) is 0 Å². The second kappa shape index (κ2) is 8.59. The number of rotatable bonds is 6. The number of nitrogens with zero attached hydrogens (tertiary/aromatic N) is 2. The van der Waals surface area contributed by atoms with Crippen LogP contribution in [0.3, 0.4) is 0 Å². The van der Waals surface area contributed by atoms with Crippen LogP contribution in [-0.4, -0.2) is 11.9 Å². The van der Waals surface area contributed by atoms with Gasteiger partial charge in [-0.25, -0.2) is 4.99 Å². The molecular formula is C18H20N2. The third-order valence-corrected chi connectivity index (χ3v) is 2.40. The van der Waals surface area contributed by atoms with Gasteiger partial charge in [0.2, 0.25) is 0 Å². The molecule has 0 aliphatic carbocycles. The van der Waals surface area contributed by atoms with Crippen molar-refractivity contribution >= 4 is 11.9 Å². The fourth-order valence-electron chi connectivity index (χ4n) is 1.54. The van der Waals surface area contributed by atoms with Crippen LogP contribution in [0.1, 0.15) is 19.4 Å². The van der Waals surface area contributed by atoms with Gasteiger partial charge in [0.05, 0.1) is 23.3 Å². The summed E-state index contributed by atoms with van der Waals surface area (Å²) in [6.07, 6.45) is 9.23. The normalized spacial score (nSPS) is 12.6. The average molecular weight is 264 g/mol. The van der Waals surface area contributed by atoms with Gasteiger partial charge in [0.25, 0.3) is 0 Å². The zero-order valence-corrected chi connectivity index (χ0v) is 12.1. The van der Waals surface area contributed by atoms with Gasteiger partial charge in [-0.05, 0) is 26.0 Å². The molecule has 20 heavy (non-hydrogen) atoms. The van der Waals surface area contributed by atoms with Crippen molar-refractivity contribution in [3.8, 4) is 0 Å². The molecule has 0 aromatic heterocycles. The third-order valence-electron chi connectivity index (χ3n) is 2.40. The highest BCUT2D eigenvalue weighted by atomic mass is 14.8. The molecule has 1 aromatic carbocycles. The Morgan fingerprint density at radius 1 is 0.950 bits per heavy atom. The first-order valence-electron chi connectivity index (χ1n) is 6.48. The summed E-state index contributed by atoms with van der Waals surface area (Å²) in [7, 11) is 0. The maximum atomic E-state index is 4.49. The molecule has 2 nitrogen and oxygen atoms in total. The second-order valence-corrected chi connectivity index (χ2v) is 4.10. The van der Waals surface area contributed by atoms with Gasteiger partial charge in [-0.2, -0.15) is 0 Å². The molecule has 0 bridgehead atoms. The lowest BCUT2D eigenvalue weighted by Gasteiger charge is -2.01. The summed E-state index contributed by atoms with van der Waals surface area (Å²) in [6, 6.07) is 9.89. The lowest BCUT2D eigenvalue weighted by molar-refractivity contribution is 1.41. The fraction of sp³-hybridized carbons (Fsp3) is 0.111. The van der Waals surface area contributed by atoms with Crippen LogP contribution in [0.25, 0.3) is 0 Å². The highest BCUT2D eigenvalue weighted by Crippen LogP contribution is 2.05. The molecule has 0 aliphatic heterocycles. The van der Waals surface area contributed by atoms with E-state index >= 15 is 0 Å². The summed E-state index contributed by atoms with van der Waals surface area (Å²) in [5.74, 6) is 0. The molecule has 0 saturated heterocycles. The molecule has 0 N–H and O–H groups in total. The van der Waals surface area contributed by atoms with Gasteiger partial charge in [-0.3, -0.25) is 4.99 Å². The zero-order valence-electron chi connectivity index (χ0n) is 12.1. The largest absolute Gasteiger partial charge is 0.255 e. The molecule has 0 spiro atoms. The van der Waals surface area contributed by atoms with Gasteiger partial charge in [-0.1, -0.05) is 55.6 Å². The van der Waals surface area contributed by atoms with E-state index < -0.39 is 0 Å². The van der Waals surface area contributed by atoms with E-state index in [4.69, 9.17) is 0 Å². The molecular weight excluding hydrogens is 244 g/mol. The number of hydrogen-bond acceptors (Lipinski definition) is 2. The Balaban J connectivity index is 3.09. The lowest BCUT2D eigenvalue weighted by Crippen LogP contribution is -2.03. The quantitative estimate of drug-likeness (QED) is 0.524. The lowest BCUT2D eigenvalue weighted by atomic mass is 10.1. The van der Waals surface area contributed by atoms with Crippen LogP contribution in [0.15, 0.2) is 89.2 Å². The topological polar surface area (TPSA) is 24.7 Å². The molecule has 1 aromatic rings. The SMILES string of the molecule is C=C(/C=C\C)/N=C\C(=N/C(=C)/C=C\C)c1ccccc1. The van der Waals surface area contributed by atoms with E-state index in [1.807, 2.05) is 68.5 Å². The summed E-state index contributed by atoms with van der Waals surface area (Å²) in [4.78, 5) is 8.79. The summed E-state index contributed by atoms with van der Waals surface area (Å²) in [5.41, 5.74) is 3.14. The van der Waals surface area contributed by atoms with Crippen LogP contribution in [0.2, 0.25) is 0 Å². The zero-order chi connectivity index (χ0) is 14.8. The third kappa shape index (κ3) is 5.44. The molecule has 0 heterocycles. The van der Waals surface area contributed by atoms with Crippen molar-refractivity contribution in [2.75, 3.05) is 0 Å². The number of hydrogen-bond donors (Lipinski definition) is 0. The molecule has 0 atom stereocenters. The predicted molar refractivity (Wildman–Crippen MR) is 89.4 cm³/mol. The van der Waals surface area contributed by atoms with E-state index in [-0.39, 0.29) is 0 Å². The Morgan fingerprint density at radius 3 is 2.15 bits per heavy atom. The predicted octanol–water partition coefficient (Wildman–Crippen LogP) is 4.73. The molecule has 0 fully saturated rings. The highest BCUT2D eigenvalue weighted by Gasteiger charge is 2.00. The molecule has 0 amide bonds. The minimum Gasteiger partial charge on any atom is -0.255 e.